The number of pyridine rings is 1. The fourth-order valence-electron chi connectivity index (χ4n) is 4.09. The molecule has 1 fully saturated rings. The van der Waals surface area contributed by atoms with E-state index in [0.29, 0.717) is 36.0 Å². The quantitative estimate of drug-likeness (QED) is 0.207. The number of nitrogens with zero attached hydrogens (tertiary/aromatic N) is 4. The van der Waals surface area contributed by atoms with E-state index in [2.05, 4.69) is 11.6 Å². The third kappa shape index (κ3) is 5.88. The summed E-state index contributed by atoms with van der Waals surface area (Å²) in [4.78, 5) is 29.0. The Balaban J connectivity index is 1.76. The largest absolute Gasteiger partial charge is 0.481 e. The van der Waals surface area contributed by atoms with Gasteiger partial charge in [0.05, 0.1) is 18.8 Å². The van der Waals surface area contributed by atoms with E-state index in [1.165, 1.54) is 7.05 Å². The summed E-state index contributed by atoms with van der Waals surface area (Å²) in [7, 11) is 2.90. The molecule has 0 spiro atoms. The summed E-state index contributed by atoms with van der Waals surface area (Å²) in [6.45, 7) is 5.46. The number of hydrogen-bond acceptors (Lipinski definition) is 7. The molecule has 1 aromatic heterocycles. The maximum Gasteiger partial charge on any atom is 0.343 e. The van der Waals surface area contributed by atoms with Crippen molar-refractivity contribution >= 4 is 18.0 Å². The maximum absolute atomic E-state index is 12.0. The van der Waals surface area contributed by atoms with Gasteiger partial charge in [-0.15, -0.1) is 0 Å². The number of piperidine rings is 1. The first kappa shape index (κ1) is 24.2. The highest BCUT2D eigenvalue weighted by molar-refractivity contribution is 5.75. The Morgan fingerprint density at radius 3 is 2.48 bits per heavy atom. The first-order valence-corrected chi connectivity index (χ1v) is 10.8. The van der Waals surface area contributed by atoms with E-state index in [0.717, 1.165) is 36.0 Å². The number of benzene rings is 1. The van der Waals surface area contributed by atoms with Crippen molar-refractivity contribution in [2.24, 2.45) is 11.8 Å². The van der Waals surface area contributed by atoms with E-state index in [1.807, 2.05) is 18.2 Å². The smallest absolute Gasteiger partial charge is 0.343 e. The number of urea groups is 1. The van der Waals surface area contributed by atoms with Crippen molar-refractivity contribution in [1.82, 2.24) is 14.9 Å². The molecule has 1 aliphatic heterocycles. The minimum Gasteiger partial charge on any atom is -0.481 e. The number of likely N-dealkylation sites (tertiary alicyclic amines) is 1. The van der Waals surface area contributed by atoms with Crippen LogP contribution in [0.15, 0.2) is 54.7 Å². The molecule has 1 aromatic carbocycles. The second kappa shape index (κ2) is 10.9. The topological polar surface area (TPSA) is 112 Å². The SMILES string of the molecule is C=C(CC(c1ccc(OC)nc1)N(N)c1ccc(C=O)cc1)C1CCN(C(=O)N(C)O)CC1. The molecule has 1 aliphatic rings. The standard InChI is InChI=1S/C24H31N5O4/c1-17(19-10-12-28(13-11-19)24(31)27(2)32)14-22(20-6-9-23(33-3)26-15-20)29(25)21-7-4-18(16-30)5-8-21/h4-9,15-16,19,22,32H,1,10-14,25H2,2-3H3. The van der Waals surface area contributed by atoms with Gasteiger partial charge >= 0.3 is 6.03 Å². The zero-order valence-electron chi connectivity index (χ0n) is 19.1. The third-order valence-corrected chi connectivity index (χ3v) is 6.09. The first-order chi connectivity index (χ1) is 15.8. The molecule has 0 aliphatic carbocycles. The fourth-order valence-corrected chi connectivity index (χ4v) is 4.09. The second-order valence-corrected chi connectivity index (χ2v) is 8.20. The summed E-state index contributed by atoms with van der Waals surface area (Å²) in [6, 6.07) is 10.2. The van der Waals surface area contributed by atoms with E-state index in [1.54, 1.807) is 41.4 Å². The summed E-state index contributed by atoms with van der Waals surface area (Å²) >= 11 is 0. The van der Waals surface area contributed by atoms with Gasteiger partial charge in [-0.1, -0.05) is 12.2 Å². The number of aromatic nitrogens is 1. The van der Waals surface area contributed by atoms with Crippen LogP contribution in [0.25, 0.3) is 0 Å². The van der Waals surface area contributed by atoms with E-state index in [9.17, 15) is 14.8 Å². The molecule has 0 bridgehead atoms. The number of methoxy groups -OCH3 is 1. The molecular weight excluding hydrogens is 422 g/mol. The third-order valence-electron chi connectivity index (χ3n) is 6.09. The lowest BCUT2D eigenvalue weighted by atomic mass is 9.85. The highest BCUT2D eigenvalue weighted by Gasteiger charge is 2.28. The van der Waals surface area contributed by atoms with Gasteiger partial charge in [0.25, 0.3) is 0 Å². The highest BCUT2D eigenvalue weighted by Crippen LogP contribution is 2.35. The molecule has 1 atom stereocenters. The minimum absolute atomic E-state index is 0.234. The molecule has 2 amide bonds. The first-order valence-electron chi connectivity index (χ1n) is 10.8. The van der Waals surface area contributed by atoms with Gasteiger partial charge in [0.1, 0.15) is 6.29 Å². The number of rotatable bonds is 8. The number of hydroxylamine groups is 2. The van der Waals surface area contributed by atoms with Crippen LogP contribution < -0.4 is 15.6 Å². The van der Waals surface area contributed by atoms with Gasteiger partial charge in [0, 0.05) is 38.0 Å². The average molecular weight is 454 g/mol. The van der Waals surface area contributed by atoms with Crippen LogP contribution in [-0.2, 0) is 0 Å². The van der Waals surface area contributed by atoms with Crippen molar-refractivity contribution < 1.29 is 19.5 Å². The second-order valence-electron chi connectivity index (χ2n) is 8.20. The molecule has 1 unspecified atom stereocenters. The van der Waals surface area contributed by atoms with Crippen molar-refractivity contribution in [3.05, 3.63) is 65.9 Å². The van der Waals surface area contributed by atoms with Crippen molar-refractivity contribution in [3.8, 4) is 5.88 Å². The summed E-state index contributed by atoms with van der Waals surface area (Å²) in [5.74, 6) is 7.31. The lowest BCUT2D eigenvalue weighted by molar-refractivity contribution is -0.0361. The Morgan fingerprint density at radius 1 is 1.30 bits per heavy atom. The number of ether oxygens (including phenoxy) is 1. The van der Waals surface area contributed by atoms with E-state index >= 15 is 0 Å². The number of carbonyl (C=O) groups is 2. The molecule has 1 saturated heterocycles. The molecule has 9 heteroatoms. The van der Waals surface area contributed by atoms with Gasteiger partial charge < -0.3 is 14.6 Å². The van der Waals surface area contributed by atoms with Crippen LogP contribution in [0, 0.1) is 5.92 Å². The number of hydrazine groups is 1. The Morgan fingerprint density at radius 2 is 1.97 bits per heavy atom. The normalized spacial score (nSPS) is 15.0. The van der Waals surface area contributed by atoms with Crippen LogP contribution >= 0.6 is 0 Å². The number of anilines is 1. The molecular formula is C24H31N5O4. The molecule has 0 saturated carbocycles. The van der Waals surface area contributed by atoms with Gasteiger partial charge in [0.2, 0.25) is 5.88 Å². The van der Waals surface area contributed by atoms with Crippen molar-refractivity contribution in [1.29, 1.82) is 0 Å². The predicted octanol–water partition coefficient (Wildman–Crippen LogP) is 3.42. The molecule has 2 heterocycles. The van der Waals surface area contributed by atoms with Gasteiger partial charge in [0.15, 0.2) is 0 Å². The minimum atomic E-state index is -0.395. The van der Waals surface area contributed by atoms with Crippen LogP contribution in [0.4, 0.5) is 10.5 Å². The average Bonchev–Trinajstić information content (AvgIpc) is 2.86. The van der Waals surface area contributed by atoms with Crippen LogP contribution in [0.3, 0.4) is 0 Å². The zero-order chi connectivity index (χ0) is 24.0. The molecule has 2 aromatic rings. The van der Waals surface area contributed by atoms with Gasteiger partial charge in [-0.05, 0) is 61.1 Å². The maximum atomic E-state index is 12.0. The fraction of sp³-hybridized carbons (Fsp3) is 0.375. The number of aldehydes is 1. The molecule has 3 rings (SSSR count). The zero-order valence-corrected chi connectivity index (χ0v) is 19.1. The molecule has 0 radical (unpaired) electrons. The Hall–Kier alpha value is -3.43. The molecule has 3 N–H and O–H groups in total. The van der Waals surface area contributed by atoms with Crippen LogP contribution in [0.2, 0.25) is 0 Å². The Bertz CT molecular complexity index is 954. The summed E-state index contributed by atoms with van der Waals surface area (Å²) in [5, 5.41) is 11.7. The predicted molar refractivity (Wildman–Crippen MR) is 125 cm³/mol. The van der Waals surface area contributed by atoms with Crippen molar-refractivity contribution in [2.75, 3.05) is 32.3 Å². The molecule has 9 nitrogen and oxygen atoms in total. The van der Waals surface area contributed by atoms with Crippen molar-refractivity contribution in [2.45, 2.75) is 25.3 Å². The van der Waals surface area contributed by atoms with E-state index < -0.39 is 6.03 Å². The molecule has 176 valence electrons. The van der Waals surface area contributed by atoms with Crippen LogP contribution in [0.1, 0.15) is 41.2 Å². The highest BCUT2D eigenvalue weighted by atomic mass is 16.5. The van der Waals surface area contributed by atoms with E-state index in [4.69, 9.17) is 10.6 Å². The number of amides is 2. The summed E-state index contributed by atoms with van der Waals surface area (Å²) in [6.07, 6.45) is 4.67. The Kier molecular flexibility index (Phi) is 8.02. The lowest BCUT2D eigenvalue weighted by Gasteiger charge is -2.36. The van der Waals surface area contributed by atoms with Gasteiger partial charge in [-0.2, -0.15) is 0 Å². The number of carbonyl (C=O) groups excluding carboxylic acids is 2. The van der Waals surface area contributed by atoms with Gasteiger partial charge in [-0.25, -0.2) is 20.7 Å². The monoisotopic (exact) mass is 453 g/mol. The molecule has 33 heavy (non-hydrogen) atoms. The summed E-state index contributed by atoms with van der Waals surface area (Å²) in [5.41, 5.74) is 3.29. The Labute approximate surface area is 194 Å². The number of nitrogens with two attached hydrogens (primary N) is 1. The lowest BCUT2D eigenvalue weighted by Crippen LogP contribution is -2.44. The van der Waals surface area contributed by atoms with Gasteiger partial charge in [-0.3, -0.25) is 10.0 Å². The van der Waals surface area contributed by atoms with E-state index in [-0.39, 0.29) is 12.0 Å². The number of hydrogen-bond donors (Lipinski definition) is 2. The summed E-state index contributed by atoms with van der Waals surface area (Å²) < 4.78 is 5.18. The van der Waals surface area contributed by atoms with Crippen LogP contribution in [0.5, 0.6) is 5.88 Å². The van der Waals surface area contributed by atoms with Crippen LogP contribution in [-0.4, -0.2) is 59.7 Å². The van der Waals surface area contributed by atoms with Crippen molar-refractivity contribution in [3.63, 3.8) is 0 Å².